The van der Waals surface area contributed by atoms with Crippen LogP contribution in [0.5, 0.6) is 0 Å². The Hall–Kier alpha value is -1.36. The van der Waals surface area contributed by atoms with Crippen molar-refractivity contribution in [2.24, 2.45) is 0 Å². The molecule has 5 heteroatoms. The van der Waals surface area contributed by atoms with Crippen LogP contribution in [0.15, 0.2) is 17.2 Å². The molecule has 1 aromatic rings. The van der Waals surface area contributed by atoms with Gasteiger partial charge < -0.3 is 14.6 Å². The summed E-state index contributed by atoms with van der Waals surface area (Å²) in [7, 11) is 1.65. The zero-order valence-electron chi connectivity index (χ0n) is 10.9. The van der Waals surface area contributed by atoms with Crippen molar-refractivity contribution in [3.8, 4) is 0 Å². The number of hydrogen-bond donors (Lipinski definition) is 1. The summed E-state index contributed by atoms with van der Waals surface area (Å²) in [5.74, 6) is 0.394. The number of nitrogens with one attached hydrogen (secondary N) is 1. The number of hydrogen-bond acceptors (Lipinski definition) is 4. The Morgan fingerprint density at radius 2 is 2.24 bits per heavy atom. The average Bonchev–Trinajstić information content (AvgIpc) is 2.30. The fraction of sp³-hybridized carbons (Fsp3) is 0.667. The van der Waals surface area contributed by atoms with Gasteiger partial charge in [-0.2, -0.15) is 0 Å². The Morgan fingerprint density at radius 1 is 1.53 bits per heavy atom. The highest BCUT2D eigenvalue weighted by molar-refractivity contribution is 5.32. The van der Waals surface area contributed by atoms with Crippen LogP contribution in [0.25, 0.3) is 0 Å². The van der Waals surface area contributed by atoms with Crippen LogP contribution in [0, 0.1) is 0 Å². The van der Waals surface area contributed by atoms with Crippen molar-refractivity contribution in [1.82, 2.24) is 9.55 Å². The molecule has 0 amide bonds. The molecule has 0 aliphatic carbocycles. The van der Waals surface area contributed by atoms with E-state index in [2.05, 4.69) is 10.3 Å². The number of anilines is 1. The first kappa shape index (κ1) is 13.7. The summed E-state index contributed by atoms with van der Waals surface area (Å²) >= 11 is 0. The van der Waals surface area contributed by atoms with Gasteiger partial charge in [-0.1, -0.05) is 6.92 Å². The first-order valence-corrected chi connectivity index (χ1v) is 5.92. The van der Waals surface area contributed by atoms with Gasteiger partial charge >= 0.3 is 0 Å². The van der Waals surface area contributed by atoms with Crippen molar-refractivity contribution in [1.29, 1.82) is 0 Å². The molecule has 1 aromatic heterocycles. The molecule has 0 spiro atoms. The standard InChI is InChI=1S/C12H21N3O2/c1-5-10(8-17-4)14-11-12(16)15(9(2)3)7-6-13-11/h6-7,9-10H,5,8H2,1-4H3,(H,13,14). The normalized spacial score (nSPS) is 12.8. The Labute approximate surface area is 102 Å². The van der Waals surface area contributed by atoms with Gasteiger partial charge in [-0.25, -0.2) is 4.98 Å². The third-order valence-electron chi connectivity index (χ3n) is 2.63. The molecule has 1 unspecified atom stereocenters. The second-order valence-corrected chi connectivity index (χ2v) is 4.29. The summed E-state index contributed by atoms with van der Waals surface area (Å²) in [4.78, 5) is 16.2. The molecule has 1 N–H and O–H groups in total. The number of aromatic nitrogens is 2. The molecule has 17 heavy (non-hydrogen) atoms. The molecule has 0 aliphatic heterocycles. The summed E-state index contributed by atoms with van der Waals surface area (Å²) < 4.78 is 6.75. The molecule has 1 heterocycles. The lowest BCUT2D eigenvalue weighted by molar-refractivity contribution is 0.184. The molecule has 5 nitrogen and oxygen atoms in total. The van der Waals surface area contributed by atoms with E-state index in [1.807, 2.05) is 20.8 Å². The van der Waals surface area contributed by atoms with Crippen molar-refractivity contribution < 1.29 is 4.74 Å². The van der Waals surface area contributed by atoms with Gasteiger partial charge in [-0.15, -0.1) is 0 Å². The van der Waals surface area contributed by atoms with Crippen LogP contribution in [-0.4, -0.2) is 29.3 Å². The van der Waals surface area contributed by atoms with Crippen molar-refractivity contribution in [2.45, 2.75) is 39.3 Å². The van der Waals surface area contributed by atoms with Crippen molar-refractivity contribution in [3.05, 3.63) is 22.7 Å². The lowest BCUT2D eigenvalue weighted by atomic mass is 10.2. The molecule has 1 atom stereocenters. The summed E-state index contributed by atoms with van der Waals surface area (Å²) in [6.07, 6.45) is 4.23. The quantitative estimate of drug-likeness (QED) is 0.820. The minimum Gasteiger partial charge on any atom is -0.383 e. The fourth-order valence-corrected chi connectivity index (χ4v) is 1.59. The van der Waals surface area contributed by atoms with Crippen LogP contribution in [0.2, 0.25) is 0 Å². The Kier molecular flexibility index (Phi) is 5.15. The summed E-state index contributed by atoms with van der Waals surface area (Å²) in [5, 5.41) is 3.12. The van der Waals surface area contributed by atoms with Gasteiger partial charge in [0.15, 0.2) is 5.82 Å². The highest BCUT2D eigenvalue weighted by Gasteiger charge is 2.11. The predicted molar refractivity (Wildman–Crippen MR) is 68.5 cm³/mol. The maximum Gasteiger partial charge on any atom is 0.293 e. The van der Waals surface area contributed by atoms with Crippen molar-refractivity contribution in [2.75, 3.05) is 19.0 Å². The first-order valence-electron chi connectivity index (χ1n) is 5.92. The molecular weight excluding hydrogens is 218 g/mol. The smallest absolute Gasteiger partial charge is 0.293 e. The molecule has 96 valence electrons. The zero-order valence-corrected chi connectivity index (χ0v) is 10.9. The third-order valence-corrected chi connectivity index (χ3v) is 2.63. The van der Waals surface area contributed by atoms with Crippen LogP contribution in [0.3, 0.4) is 0 Å². The summed E-state index contributed by atoms with van der Waals surface area (Å²) in [6.45, 7) is 6.55. The number of nitrogens with zero attached hydrogens (tertiary/aromatic N) is 2. The second kappa shape index (κ2) is 6.39. The van der Waals surface area contributed by atoms with E-state index in [1.165, 1.54) is 0 Å². The van der Waals surface area contributed by atoms with E-state index < -0.39 is 0 Å². The molecule has 0 aromatic carbocycles. The Balaban J connectivity index is 2.91. The molecule has 0 saturated heterocycles. The fourth-order valence-electron chi connectivity index (χ4n) is 1.59. The van der Waals surface area contributed by atoms with E-state index in [0.29, 0.717) is 12.4 Å². The van der Waals surface area contributed by atoms with E-state index in [1.54, 1.807) is 24.1 Å². The van der Waals surface area contributed by atoms with Gasteiger partial charge in [-0.3, -0.25) is 4.79 Å². The number of rotatable bonds is 6. The molecule has 0 aliphatic rings. The second-order valence-electron chi connectivity index (χ2n) is 4.29. The van der Waals surface area contributed by atoms with Crippen LogP contribution in [0.4, 0.5) is 5.82 Å². The van der Waals surface area contributed by atoms with Crippen LogP contribution in [-0.2, 0) is 4.74 Å². The molecule has 0 radical (unpaired) electrons. The van der Waals surface area contributed by atoms with Crippen LogP contribution < -0.4 is 10.9 Å². The van der Waals surface area contributed by atoms with Crippen LogP contribution in [0.1, 0.15) is 33.2 Å². The SMILES string of the molecule is CCC(COC)Nc1nccn(C(C)C)c1=O. The van der Waals surface area contributed by atoms with E-state index in [0.717, 1.165) is 6.42 Å². The largest absolute Gasteiger partial charge is 0.383 e. The van der Waals surface area contributed by atoms with Crippen molar-refractivity contribution >= 4 is 5.82 Å². The highest BCUT2D eigenvalue weighted by atomic mass is 16.5. The number of ether oxygens (including phenoxy) is 1. The molecule has 0 fully saturated rings. The van der Waals surface area contributed by atoms with E-state index >= 15 is 0 Å². The lowest BCUT2D eigenvalue weighted by Crippen LogP contribution is -2.31. The Morgan fingerprint density at radius 3 is 2.76 bits per heavy atom. The van der Waals surface area contributed by atoms with Gasteiger partial charge in [0.1, 0.15) is 0 Å². The minimum absolute atomic E-state index is 0.0861. The summed E-state index contributed by atoms with van der Waals surface area (Å²) in [5.41, 5.74) is -0.0861. The lowest BCUT2D eigenvalue weighted by Gasteiger charge is -2.17. The van der Waals surface area contributed by atoms with Gasteiger partial charge in [0.2, 0.25) is 0 Å². The maximum absolute atomic E-state index is 12.1. The minimum atomic E-state index is -0.0861. The van der Waals surface area contributed by atoms with Gasteiger partial charge in [-0.05, 0) is 20.3 Å². The van der Waals surface area contributed by atoms with Gasteiger partial charge in [0.25, 0.3) is 5.56 Å². The summed E-state index contributed by atoms with van der Waals surface area (Å²) in [6, 6.07) is 0.247. The maximum atomic E-state index is 12.1. The van der Waals surface area contributed by atoms with Crippen LogP contribution >= 0.6 is 0 Å². The molecule has 1 rings (SSSR count). The first-order chi connectivity index (χ1) is 8.10. The van der Waals surface area contributed by atoms with E-state index in [4.69, 9.17) is 4.74 Å². The zero-order chi connectivity index (χ0) is 12.8. The molecule has 0 bridgehead atoms. The molecule has 0 saturated carbocycles. The van der Waals surface area contributed by atoms with Gasteiger partial charge in [0.05, 0.1) is 12.6 Å². The highest BCUT2D eigenvalue weighted by Crippen LogP contribution is 2.04. The predicted octanol–water partition coefficient (Wildman–Crippen LogP) is 1.66. The monoisotopic (exact) mass is 239 g/mol. The van der Waals surface area contributed by atoms with Crippen molar-refractivity contribution in [3.63, 3.8) is 0 Å². The number of methoxy groups -OCH3 is 1. The van der Waals surface area contributed by atoms with Gasteiger partial charge in [0, 0.05) is 25.5 Å². The Bertz CT molecular complexity index is 401. The van der Waals surface area contributed by atoms with E-state index in [-0.39, 0.29) is 17.6 Å². The average molecular weight is 239 g/mol. The topological polar surface area (TPSA) is 56.1 Å². The van der Waals surface area contributed by atoms with E-state index in [9.17, 15) is 4.79 Å². The third kappa shape index (κ3) is 3.56. The molecular formula is C12H21N3O2.